The number of hydrogen-bond donors (Lipinski definition) is 0. The van der Waals surface area contributed by atoms with E-state index in [0.29, 0.717) is 5.57 Å². The lowest BCUT2D eigenvalue weighted by Gasteiger charge is -1.96. The summed E-state index contributed by atoms with van der Waals surface area (Å²) in [5.74, 6) is 0. The van der Waals surface area contributed by atoms with Gasteiger partial charge in [0.15, 0.2) is 0 Å². The normalized spacial score (nSPS) is 14.1. The van der Waals surface area contributed by atoms with E-state index in [0.717, 1.165) is 10.4 Å². The summed E-state index contributed by atoms with van der Waals surface area (Å²) in [5, 5.41) is 1.42. The summed E-state index contributed by atoms with van der Waals surface area (Å²) in [6.45, 7) is 0. The van der Waals surface area contributed by atoms with Crippen molar-refractivity contribution < 1.29 is 9.53 Å². The minimum atomic E-state index is -0.493. The molecule has 2 rings (SSSR count). The van der Waals surface area contributed by atoms with Gasteiger partial charge in [0.2, 0.25) is 0 Å². The van der Waals surface area contributed by atoms with Crippen molar-refractivity contribution in [1.82, 2.24) is 0 Å². The number of carbonyl (C=O) groups is 1. The van der Waals surface area contributed by atoms with Crippen molar-refractivity contribution in [2.24, 2.45) is 0 Å². The summed E-state index contributed by atoms with van der Waals surface area (Å²) in [6.07, 6.45) is 4.70. The summed E-state index contributed by atoms with van der Waals surface area (Å²) in [6, 6.07) is 1.92. The number of hydrogen-bond acceptors (Lipinski definition) is 3. The van der Waals surface area contributed by atoms with Crippen LogP contribution in [0.5, 0.6) is 0 Å². The van der Waals surface area contributed by atoms with E-state index in [9.17, 15) is 4.79 Å². The largest absolute Gasteiger partial charge is 0.472 e. The van der Waals surface area contributed by atoms with Crippen LogP contribution >= 0.6 is 22.9 Å². The second-order valence-electron chi connectivity index (χ2n) is 2.45. The number of fused-ring (bicyclic) bond motifs is 1. The van der Waals surface area contributed by atoms with E-state index in [1.807, 2.05) is 11.4 Å². The number of carbonyl (C=O) groups excluding carboxylic acids is 1. The van der Waals surface area contributed by atoms with Gasteiger partial charge in [0.25, 0.3) is 5.24 Å². The molecule has 1 aliphatic heterocycles. The Morgan fingerprint density at radius 3 is 3.15 bits per heavy atom. The van der Waals surface area contributed by atoms with Gasteiger partial charge in [-0.3, -0.25) is 4.79 Å². The van der Waals surface area contributed by atoms with Gasteiger partial charge in [-0.15, -0.1) is 11.3 Å². The molecule has 0 saturated heterocycles. The van der Waals surface area contributed by atoms with E-state index in [1.165, 1.54) is 23.9 Å². The quantitative estimate of drug-likeness (QED) is 0.670. The van der Waals surface area contributed by atoms with E-state index >= 15 is 0 Å². The fourth-order valence-electron chi connectivity index (χ4n) is 1.08. The molecule has 2 heterocycles. The smallest absolute Gasteiger partial charge is 0.256 e. The fourth-order valence-corrected chi connectivity index (χ4v) is 2.16. The summed E-state index contributed by atoms with van der Waals surface area (Å²) >= 11 is 6.88. The van der Waals surface area contributed by atoms with E-state index in [-0.39, 0.29) is 0 Å². The molecule has 1 aliphatic rings. The predicted octanol–water partition coefficient (Wildman–Crippen LogP) is 2.86. The first-order chi connectivity index (χ1) is 6.29. The van der Waals surface area contributed by atoms with Crippen molar-refractivity contribution in [3.05, 3.63) is 34.4 Å². The van der Waals surface area contributed by atoms with Gasteiger partial charge in [-0.2, -0.15) is 0 Å². The number of thiophene rings is 1. The maximum Gasteiger partial charge on any atom is 0.256 e. The van der Waals surface area contributed by atoms with Gasteiger partial charge in [0, 0.05) is 4.88 Å². The van der Waals surface area contributed by atoms with E-state index in [4.69, 9.17) is 16.3 Å². The van der Waals surface area contributed by atoms with Crippen LogP contribution in [0.3, 0.4) is 0 Å². The minimum Gasteiger partial charge on any atom is -0.472 e. The molecule has 13 heavy (non-hydrogen) atoms. The van der Waals surface area contributed by atoms with Crippen LogP contribution in [0.4, 0.5) is 0 Å². The molecule has 0 saturated carbocycles. The molecule has 0 amide bonds. The predicted molar refractivity (Wildman–Crippen MR) is 53.3 cm³/mol. The van der Waals surface area contributed by atoms with Crippen molar-refractivity contribution in [3.63, 3.8) is 0 Å². The average molecular weight is 213 g/mol. The lowest BCUT2D eigenvalue weighted by atomic mass is 10.2. The van der Waals surface area contributed by atoms with Crippen LogP contribution in [0, 0.1) is 0 Å². The van der Waals surface area contributed by atoms with Crippen molar-refractivity contribution in [1.29, 1.82) is 0 Å². The Kier molecular flexibility index (Phi) is 2.20. The lowest BCUT2D eigenvalue weighted by Crippen LogP contribution is -1.91. The maximum atomic E-state index is 11.0. The standard InChI is InChI=1S/C9H5ClO2S/c10-9(11)7-5-12-3-1-6-2-4-13-8(6)7/h1-5H. The zero-order chi connectivity index (χ0) is 9.26. The third kappa shape index (κ3) is 1.53. The van der Waals surface area contributed by atoms with Crippen molar-refractivity contribution in [2.45, 2.75) is 0 Å². The first kappa shape index (κ1) is 8.53. The highest BCUT2D eigenvalue weighted by molar-refractivity contribution is 7.12. The molecule has 0 radical (unpaired) electrons. The van der Waals surface area contributed by atoms with Gasteiger partial charge < -0.3 is 4.74 Å². The third-order valence-electron chi connectivity index (χ3n) is 1.66. The van der Waals surface area contributed by atoms with Crippen LogP contribution in [-0.4, -0.2) is 5.24 Å². The first-order valence-corrected chi connectivity index (χ1v) is 4.84. The van der Waals surface area contributed by atoms with Crippen LogP contribution < -0.4 is 0 Å². The molecule has 0 bridgehead atoms. The van der Waals surface area contributed by atoms with Crippen molar-refractivity contribution >= 4 is 39.8 Å². The number of rotatable bonds is 1. The molecular weight excluding hydrogens is 208 g/mol. The Labute approximate surface area is 84.1 Å². The molecule has 0 aromatic carbocycles. The third-order valence-corrected chi connectivity index (χ3v) is 2.83. The highest BCUT2D eigenvalue weighted by Crippen LogP contribution is 2.30. The van der Waals surface area contributed by atoms with Crippen molar-refractivity contribution in [2.75, 3.05) is 0 Å². The summed E-state index contributed by atoms with van der Waals surface area (Å²) < 4.78 is 4.97. The first-order valence-electron chi connectivity index (χ1n) is 3.59. The average Bonchev–Trinajstić information content (AvgIpc) is 2.44. The Balaban J connectivity index is 2.56. The molecule has 0 unspecified atom stereocenters. The van der Waals surface area contributed by atoms with Gasteiger partial charge in [-0.25, -0.2) is 0 Å². The van der Waals surface area contributed by atoms with Crippen LogP contribution in [-0.2, 0) is 9.53 Å². The molecule has 66 valence electrons. The van der Waals surface area contributed by atoms with Gasteiger partial charge in [-0.05, 0) is 34.7 Å². The molecule has 1 aromatic heterocycles. The van der Waals surface area contributed by atoms with E-state index < -0.39 is 5.24 Å². The highest BCUT2D eigenvalue weighted by Gasteiger charge is 2.15. The maximum absolute atomic E-state index is 11.0. The Morgan fingerprint density at radius 2 is 2.38 bits per heavy atom. The molecule has 0 atom stereocenters. The Bertz CT molecular complexity index is 404. The SMILES string of the molecule is O=C(Cl)C1=COC=Cc2ccsc21. The molecule has 4 heteroatoms. The summed E-state index contributed by atoms with van der Waals surface area (Å²) in [4.78, 5) is 11.9. The minimum absolute atomic E-state index is 0.414. The van der Waals surface area contributed by atoms with Crippen LogP contribution in [0.1, 0.15) is 10.4 Å². The molecule has 1 aromatic rings. The van der Waals surface area contributed by atoms with Crippen LogP contribution in [0.2, 0.25) is 0 Å². The molecular formula is C9H5ClO2S. The second-order valence-corrected chi connectivity index (χ2v) is 3.71. The zero-order valence-electron chi connectivity index (χ0n) is 6.49. The number of halogens is 1. The fraction of sp³-hybridized carbons (Fsp3) is 0. The molecule has 2 nitrogen and oxygen atoms in total. The molecule has 0 aliphatic carbocycles. The van der Waals surface area contributed by atoms with Crippen molar-refractivity contribution in [3.8, 4) is 0 Å². The molecule has 0 fully saturated rings. The molecule has 0 spiro atoms. The zero-order valence-corrected chi connectivity index (χ0v) is 8.06. The number of allylic oxidation sites excluding steroid dienone is 1. The topological polar surface area (TPSA) is 26.3 Å². The highest BCUT2D eigenvalue weighted by atomic mass is 35.5. The molecule has 0 N–H and O–H groups in total. The van der Waals surface area contributed by atoms with Gasteiger partial charge in [-0.1, -0.05) is 0 Å². The Morgan fingerprint density at radius 1 is 1.54 bits per heavy atom. The summed E-state index contributed by atoms with van der Waals surface area (Å²) in [5.41, 5.74) is 1.37. The summed E-state index contributed by atoms with van der Waals surface area (Å²) in [7, 11) is 0. The van der Waals surface area contributed by atoms with Crippen LogP contribution in [0.25, 0.3) is 11.6 Å². The lowest BCUT2D eigenvalue weighted by molar-refractivity contribution is -0.106. The van der Waals surface area contributed by atoms with E-state index in [1.54, 1.807) is 6.08 Å². The van der Waals surface area contributed by atoms with Gasteiger partial charge >= 0.3 is 0 Å². The van der Waals surface area contributed by atoms with Gasteiger partial charge in [0.1, 0.15) is 6.26 Å². The van der Waals surface area contributed by atoms with Gasteiger partial charge in [0.05, 0.1) is 11.8 Å². The van der Waals surface area contributed by atoms with E-state index in [2.05, 4.69) is 0 Å². The second kappa shape index (κ2) is 3.36. The number of ether oxygens (including phenoxy) is 1. The van der Waals surface area contributed by atoms with Crippen LogP contribution in [0.15, 0.2) is 24.0 Å². The monoisotopic (exact) mass is 212 g/mol. The Hall–Kier alpha value is -1.06.